The Hall–Kier alpha value is -4.58. The Labute approximate surface area is 201 Å². The topological polar surface area (TPSA) is 79.4 Å². The molecule has 0 spiro atoms. The van der Waals surface area contributed by atoms with Gasteiger partial charge in [0.05, 0.1) is 22.6 Å². The molecule has 0 atom stereocenters. The predicted molar refractivity (Wildman–Crippen MR) is 135 cm³/mol. The number of allylic oxidation sites excluding steroid dienone is 1. The second kappa shape index (κ2) is 8.02. The summed E-state index contributed by atoms with van der Waals surface area (Å²) in [5.74, 6) is -0.484. The van der Waals surface area contributed by atoms with E-state index in [-0.39, 0.29) is 23.3 Å². The lowest BCUT2D eigenvalue weighted by Gasteiger charge is -2.18. The van der Waals surface area contributed by atoms with Crippen LogP contribution in [0.2, 0.25) is 0 Å². The maximum atomic E-state index is 13.2. The highest BCUT2D eigenvalue weighted by Crippen LogP contribution is 2.36. The van der Waals surface area contributed by atoms with Gasteiger partial charge in [-0.3, -0.25) is 19.3 Å². The molecule has 0 radical (unpaired) electrons. The van der Waals surface area contributed by atoms with E-state index >= 15 is 0 Å². The van der Waals surface area contributed by atoms with Crippen LogP contribution >= 0.6 is 0 Å². The molecule has 2 aliphatic heterocycles. The Morgan fingerprint density at radius 1 is 0.943 bits per heavy atom. The number of hydrogen-bond donors (Lipinski definition) is 1. The van der Waals surface area contributed by atoms with Crippen LogP contribution in [0.5, 0.6) is 0 Å². The summed E-state index contributed by atoms with van der Waals surface area (Å²) >= 11 is 0. The Morgan fingerprint density at radius 2 is 1.74 bits per heavy atom. The third-order valence-corrected chi connectivity index (χ3v) is 6.54. The number of rotatable bonds is 2. The van der Waals surface area contributed by atoms with Crippen molar-refractivity contribution >= 4 is 40.3 Å². The maximum absolute atomic E-state index is 13.2. The van der Waals surface area contributed by atoms with Crippen LogP contribution in [-0.4, -0.2) is 29.1 Å². The number of carbonyl (C=O) groups is 3. The highest BCUT2D eigenvalue weighted by molar-refractivity contribution is 6.26. The molecule has 4 aromatic rings. The molecule has 35 heavy (non-hydrogen) atoms. The van der Waals surface area contributed by atoms with Crippen LogP contribution in [0.25, 0.3) is 28.1 Å². The number of nitrogens with zero attached hydrogens (tertiary/aromatic N) is 2. The standard InChI is InChI=1S/C29H21N3O3/c1-17(33)32-26-9-5-3-7-23(26)28(34)27(32)16-20-15-24(22-6-2-4-8-25(22)31-20)18-10-11-21-19(14-18)12-13-30-29(21)35/h2-11,14-16H,12-13H2,1H3,(H,30,35)/b27-16+. The second-order valence-corrected chi connectivity index (χ2v) is 8.72. The molecule has 0 bridgehead atoms. The number of hydrogen-bond acceptors (Lipinski definition) is 4. The molecule has 0 unspecified atom stereocenters. The zero-order valence-electron chi connectivity index (χ0n) is 19.0. The average Bonchev–Trinajstić information content (AvgIpc) is 3.15. The van der Waals surface area contributed by atoms with Crippen LogP contribution in [0.15, 0.2) is 78.5 Å². The Balaban J connectivity index is 1.53. The van der Waals surface area contributed by atoms with E-state index < -0.39 is 0 Å². The minimum absolute atomic E-state index is 0.0496. The first-order valence-electron chi connectivity index (χ1n) is 11.5. The van der Waals surface area contributed by atoms with Crippen molar-refractivity contribution in [2.75, 3.05) is 11.4 Å². The van der Waals surface area contributed by atoms with E-state index in [9.17, 15) is 14.4 Å². The van der Waals surface area contributed by atoms with Gasteiger partial charge >= 0.3 is 0 Å². The van der Waals surface area contributed by atoms with E-state index in [0.717, 1.165) is 34.0 Å². The van der Waals surface area contributed by atoms with Crippen LogP contribution in [0.4, 0.5) is 5.69 Å². The second-order valence-electron chi connectivity index (χ2n) is 8.72. The normalized spacial score (nSPS) is 15.8. The average molecular weight is 460 g/mol. The van der Waals surface area contributed by atoms with Crippen LogP contribution in [0.3, 0.4) is 0 Å². The summed E-state index contributed by atoms with van der Waals surface area (Å²) in [6.45, 7) is 2.07. The van der Waals surface area contributed by atoms with Crippen molar-refractivity contribution in [2.24, 2.45) is 0 Å². The van der Waals surface area contributed by atoms with Crippen molar-refractivity contribution in [1.29, 1.82) is 0 Å². The summed E-state index contributed by atoms with van der Waals surface area (Å²) < 4.78 is 0. The number of ketones is 1. The highest BCUT2D eigenvalue weighted by atomic mass is 16.2. The number of anilines is 1. The van der Waals surface area contributed by atoms with Gasteiger partial charge in [0, 0.05) is 30.0 Å². The summed E-state index contributed by atoms with van der Waals surface area (Å²) in [5.41, 5.74) is 6.38. The number of aromatic nitrogens is 1. The molecule has 6 nitrogen and oxygen atoms in total. The first kappa shape index (κ1) is 21.0. The number of benzene rings is 3. The Kier molecular flexibility index (Phi) is 4.81. The van der Waals surface area contributed by atoms with E-state index in [1.807, 2.05) is 48.5 Å². The number of pyridine rings is 1. The van der Waals surface area contributed by atoms with Crippen molar-refractivity contribution in [1.82, 2.24) is 10.3 Å². The van der Waals surface area contributed by atoms with Gasteiger partial charge in [-0.25, -0.2) is 4.98 Å². The molecule has 170 valence electrons. The molecule has 6 rings (SSSR count). The van der Waals surface area contributed by atoms with Gasteiger partial charge < -0.3 is 5.32 Å². The summed E-state index contributed by atoms with van der Waals surface area (Å²) in [6.07, 6.45) is 2.46. The predicted octanol–water partition coefficient (Wildman–Crippen LogP) is 4.78. The van der Waals surface area contributed by atoms with E-state index in [4.69, 9.17) is 4.98 Å². The SMILES string of the molecule is CC(=O)N1/C(=C/c2cc(-c3ccc4c(c3)CCNC4=O)c3ccccc3n2)C(=O)c2ccccc21. The summed E-state index contributed by atoms with van der Waals surface area (Å²) in [4.78, 5) is 44.1. The zero-order chi connectivity index (χ0) is 24.1. The van der Waals surface area contributed by atoms with Gasteiger partial charge in [-0.05, 0) is 59.5 Å². The fourth-order valence-electron chi connectivity index (χ4n) is 4.94. The van der Waals surface area contributed by atoms with Gasteiger partial charge in [0.1, 0.15) is 0 Å². The lowest BCUT2D eigenvalue weighted by Crippen LogP contribution is -2.31. The number of carbonyl (C=O) groups excluding carboxylic acids is 3. The molecule has 3 heterocycles. The molecule has 6 heteroatoms. The molecule has 3 aromatic carbocycles. The Morgan fingerprint density at radius 3 is 2.60 bits per heavy atom. The smallest absolute Gasteiger partial charge is 0.251 e. The lowest BCUT2D eigenvalue weighted by atomic mass is 9.93. The van der Waals surface area contributed by atoms with Crippen LogP contribution in [0, 0.1) is 0 Å². The van der Waals surface area contributed by atoms with Crippen molar-refractivity contribution in [3.8, 4) is 11.1 Å². The quantitative estimate of drug-likeness (QED) is 0.438. The van der Waals surface area contributed by atoms with Gasteiger partial charge in [-0.15, -0.1) is 0 Å². The molecular weight excluding hydrogens is 438 g/mol. The van der Waals surface area contributed by atoms with Gasteiger partial charge in [0.15, 0.2) is 0 Å². The number of para-hydroxylation sites is 2. The van der Waals surface area contributed by atoms with Crippen molar-refractivity contribution in [2.45, 2.75) is 13.3 Å². The molecule has 0 saturated carbocycles. The fraction of sp³-hybridized carbons (Fsp3) is 0.103. The van der Waals surface area contributed by atoms with Crippen LogP contribution in [-0.2, 0) is 11.2 Å². The van der Waals surface area contributed by atoms with Crippen molar-refractivity contribution in [3.05, 3.63) is 101 Å². The minimum Gasteiger partial charge on any atom is -0.352 e. The molecule has 0 saturated heterocycles. The first-order chi connectivity index (χ1) is 17.0. The summed E-state index contributed by atoms with van der Waals surface area (Å²) in [5, 5.41) is 3.85. The number of amides is 2. The fourth-order valence-corrected chi connectivity index (χ4v) is 4.94. The van der Waals surface area contributed by atoms with Crippen LogP contribution < -0.4 is 10.2 Å². The minimum atomic E-state index is -0.233. The molecule has 1 aromatic heterocycles. The first-order valence-corrected chi connectivity index (χ1v) is 11.5. The number of Topliss-reactive ketones (excluding diaryl/α,β-unsaturated/α-hetero) is 1. The van der Waals surface area contributed by atoms with Gasteiger partial charge in [-0.2, -0.15) is 0 Å². The molecule has 2 aliphatic rings. The third kappa shape index (κ3) is 3.42. The molecule has 0 aliphatic carbocycles. The largest absolute Gasteiger partial charge is 0.352 e. The molecular formula is C29H21N3O3. The van der Waals surface area contributed by atoms with E-state index in [0.29, 0.717) is 29.1 Å². The summed E-state index contributed by atoms with van der Waals surface area (Å²) in [6, 6.07) is 22.8. The van der Waals surface area contributed by atoms with Gasteiger partial charge in [0.25, 0.3) is 5.91 Å². The van der Waals surface area contributed by atoms with Gasteiger partial charge in [0.2, 0.25) is 11.7 Å². The molecule has 0 fully saturated rings. The van der Waals surface area contributed by atoms with E-state index in [2.05, 4.69) is 11.4 Å². The maximum Gasteiger partial charge on any atom is 0.251 e. The zero-order valence-corrected chi connectivity index (χ0v) is 19.0. The molecule has 2 amide bonds. The lowest BCUT2D eigenvalue weighted by molar-refractivity contribution is -0.116. The van der Waals surface area contributed by atoms with Crippen LogP contribution in [0.1, 0.15) is 38.9 Å². The van der Waals surface area contributed by atoms with Crippen molar-refractivity contribution < 1.29 is 14.4 Å². The third-order valence-electron chi connectivity index (χ3n) is 6.54. The van der Waals surface area contributed by atoms with Crippen molar-refractivity contribution in [3.63, 3.8) is 0 Å². The number of fused-ring (bicyclic) bond motifs is 3. The van der Waals surface area contributed by atoms with E-state index in [1.54, 1.807) is 24.3 Å². The molecule has 1 N–H and O–H groups in total. The van der Waals surface area contributed by atoms with E-state index in [1.165, 1.54) is 11.8 Å². The van der Waals surface area contributed by atoms with Gasteiger partial charge in [-0.1, -0.05) is 42.5 Å². The highest BCUT2D eigenvalue weighted by Gasteiger charge is 2.34. The monoisotopic (exact) mass is 459 g/mol. The Bertz CT molecular complexity index is 1600. The summed E-state index contributed by atoms with van der Waals surface area (Å²) in [7, 11) is 0. The number of nitrogens with one attached hydrogen (secondary N) is 1.